The molecule has 0 unspecified atom stereocenters. The lowest BCUT2D eigenvalue weighted by atomic mass is 10.0. The van der Waals surface area contributed by atoms with Crippen LogP contribution in [0.15, 0.2) is 36.5 Å². The molecule has 0 atom stereocenters. The lowest BCUT2D eigenvalue weighted by Crippen LogP contribution is -2.05. The van der Waals surface area contributed by atoms with E-state index in [0.717, 1.165) is 22.4 Å². The van der Waals surface area contributed by atoms with Crippen molar-refractivity contribution in [2.45, 2.75) is 26.6 Å². The van der Waals surface area contributed by atoms with E-state index in [1.807, 2.05) is 37.3 Å². The molecule has 1 aromatic carbocycles. The number of aromatic nitrogens is 1. The van der Waals surface area contributed by atoms with Crippen molar-refractivity contribution in [1.82, 2.24) is 4.98 Å². The number of carbonyl (C=O) groups excluding carboxylic acids is 1. The van der Waals surface area contributed by atoms with Gasteiger partial charge >= 0.3 is 0 Å². The van der Waals surface area contributed by atoms with Gasteiger partial charge in [-0.05, 0) is 35.7 Å². The third-order valence-corrected chi connectivity index (χ3v) is 3.36. The number of ketones is 1. The number of benzene rings is 1. The van der Waals surface area contributed by atoms with Crippen molar-refractivity contribution in [1.29, 1.82) is 0 Å². The number of aryl methyl sites for hydroxylation is 1. The molecule has 0 N–H and O–H groups in total. The second-order valence-electron chi connectivity index (χ2n) is 4.90. The molecule has 19 heavy (non-hydrogen) atoms. The standard InChI is InChI=1S/C16H15NO2/c1-11-2-5-15(17-8-11)7-16(18)12-3-4-13-9-19-10-14(13)6-12/h2-6,8H,7,9-10H2,1H3. The number of Topliss-reactive ketones (excluding diaryl/α,β-unsaturated/α-hetero) is 1. The summed E-state index contributed by atoms with van der Waals surface area (Å²) in [6, 6.07) is 9.69. The first-order chi connectivity index (χ1) is 9.22. The van der Waals surface area contributed by atoms with E-state index in [9.17, 15) is 4.79 Å². The van der Waals surface area contributed by atoms with E-state index >= 15 is 0 Å². The Morgan fingerprint density at radius 2 is 2.05 bits per heavy atom. The second kappa shape index (κ2) is 4.94. The van der Waals surface area contributed by atoms with Gasteiger partial charge in [-0.3, -0.25) is 9.78 Å². The van der Waals surface area contributed by atoms with Gasteiger partial charge < -0.3 is 4.74 Å². The molecule has 2 aromatic rings. The summed E-state index contributed by atoms with van der Waals surface area (Å²) in [6.07, 6.45) is 2.14. The van der Waals surface area contributed by atoms with Crippen LogP contribution in [-0.2, 0) is 24.4 Å². The molecule has 0 radical (unpaired) electrons. The van der Waals surface area contributed by atoms with Crippen molar-refractivity contribution in [3.05, 3.63) is 64.5 Å². The highest BCUT2D eigenvalue weighted by Gasteiger charge is 2.14. The Bertz CT molecular complexity index is 617. The van der Waals surface area contributed by atoms with E-state index in [1.165, 1.54) is 5.56 Å². The molecule has 1 aliphatic rings. The largest absolute Gasteiger partial charge is 0.372 e. The highest BCUT2D eigenvalue weighted by Crippen LogP contribution is 2.21. The first kappa shape index (κ1) is 12.1. The lowest BCUT2D eigenvalue weighted by Gasteiger charge is -2.04. The molecule has 0 aliphatic carbocycles. The molecule has 0 fully saturated rings. The molecule has 1 aliphatic heterocycles. The number of pyridine rings is 1. The monoisotopic (exact) mass is 253 g/mol. The summed E-state index contributed by atoms with van der Waals surface area (Å²) < 4.78 is 5.36. The van der Waals surface area contributed by atoms with Crippen molar-refractivity contribution < 1.29 is 9.53 Å². The molecule has 1 aromatic heterocycles. The SMILES string of the molecule is Cc1ccc(CC(=O)c2ccc3c(c2)COC3)nc1. The van der Waals surface area contributed by atoms with Crippen LogP contribution in [0.25, 0.3) is 0 Å². The molecule has 3 heteroatoms. The summed E-state index contributed by atoms with van der Waals surface area (Å²) in [5.74, 6) is 0.103. The van der Waals surface area contributed by atoms with Crippen LogP contribution in [0.1, 0.15) is 32.7 Å². The normalized spacial score (nSPS) is 13.3. The van der Waals surface area contributed by atoms with E-state index in [2.05, 4.69) is 4.98 Å². The zero-order valence-electron chi connectivity index (χ0n) is 10.8. The molecule has 0 bridgehead atoms. The van der Waals surface area contributed by atoms with Crippen molar-refractivity contribution >= 4 is 5.78 Å². The van der Waals surface area contributed by atoms with Gasteiger partial charge in [0, 0.05) is 17.5 Å². The quantitative estimate of drug-likeness (QED) is 0.789. The number of nitrogens with zero attached hydrogens (tertiary/aromatic N) is 1. The molecular formula is C16H15NO2. The number of fused-ring (bicyclic) bond motifs is 1. The minimum atomic E-state index is 0.103. The third-order valence-electron chi connectivity index (χ3n) is 3.36. The topological polar surface area (TPSA) is 39.2 Å². The lowest BCUT2D eigenvalue weighted by molar-refractivity contribution is 0.0991. The van der Waals surface area contributed by atoms with Gasteiger partial charge in [0.2, 0.25) is 0 Å². The molecule has 0 saturated carbocycles. The smallest absolute Gasteiger partial charge is 0.168 e. The van der Waals surface area contributed by atoms with Gasteiger partial charge in [-0.1, -0.05) is 18.2 Å². The summed E-state index contributed by atoms with van der Waals surface area (Å²) in [6.45, 7) is 3.25. The maximum Gasteiger partial charge on any atom is 0.168 e. The number of carbonyl (C=O) groups is 1. The Morgan fingerprint density at radius 1 is 1.21 bits per heavy atom. The molecule has 0 saturated heterocycles. The zero-order chi connectivity index (χ0) is 13.2. The summed E-state index contributed by atoms with van der Waals surface area (Å²) >= 11 is 0. The van der Waals surface area contributed by atoms with Crippen LogP contribution in [0.5, 0.6) is 0 Å². The summed E-state index contributed by atoms with van der Waals surface area (Å²) in [5.41, 5.74) is 4.97. The summed E-state index contributed by atoms with van der Waals surface area (Å²) in [7, 11) is 0. The molecule has 96 valence electrons. The Hall–Kier alpha value is -2.00. The highest BCUT2D eigenvalue weighted by atomic mass is 16.5. The molecule has 0 spiro atoms. The minimum Gasteiger partial charge on any atom is -0.372 e. The average Bonchev–Trinajstić information content (AvgIpc) is 2.88. The maximum absolute atomic E-state index is 12.2. The fraction of sp³-hybridized carbons (Fsp3) is 0.250. The van der Waals surface area contributed by atoms with Gasteiger partial charge in [-0.2, -0.15) is 0 Å². The van der Waals surface area contributed by atoms with Gasteiger partial charge in [0.15, 0.2) is 5.78 Å². The first-order valence-corrected chi connectivity index (χ1v) is 6.36. The average molecular weight is 253 g/mol. The van der Waals surface area contributed by atoms with Crippen molar-refractivity contribution in [2.75, 3.05) is 0 Å². The Kier molecular flexibility index (Phi) is 3.13. The van der Waals surface area contributed by atoms with Crippen molar-refractivity contribution in [3.8, 4) is 0 Å². The van der Waals surface area contributed by atoms with Crippen LogP contribution in [0.3, 0.4) is 0 Å². The molecule has 3 nitrogen and oxygen atoms in total. The summed E-state index contributed by atoms with van der Waals surface area (Å²) in [4.78, 5) is 16.5. The number of hydrogen-bond donors (Lipinski definition) is 0. The van der Waals surface area contributed by atoms with E-state index in [1.54, 1.807) is 6.20 Å². The van der Waals surface area contributed by atoms with E-state index in [0.29, 0.717) is 19.6 Å². The van der Waals surface area contributed by atoms with Crippen LogP contribution in [0, 0.1) is 6.92 Å². The number of ether oxygens (including phenoxy) is 1. The molecule has 3 rings (SSSR count). The summed E-state index contributed by atoms with van der Waals surface area (Å²) in [5, 5.41) is 0. The van der Waals surface area contributed by atoms with Crippen LogP contribution in [-0.4, -0.2) is 10.8 Å². The van der Waals surface area contributed by atoms with Gasteiger partial charge in [0.1, 0.15) is 0 Å². The fourth-order valence-electron chi connectivity index (χ4n) is 2.22. The molecular weight excluding hydrogens is 238 g/mol. The molecule has 2 heterocycles. The van der Waals surface area contributed by atoms with Crippen LogP contribution < -0.4 is 0 Å². The van der Waals surface area contributed by atoms with Gasteiger partial charge in [-0.15, -0.1) is 0 Å². The van der Waals surface area contributed by atoms with Gasteiger partial charge in [0.25, 0.3) is 0 Å². The first-order valence-electron chi connectivity index (χ1n) is 6.36. The van der Waals surface area contributed by atoms with E-state index in [4.69, 9.17) is 4.74 Å². The van der Waals surface area contributed by atoms with Crippen molar-refractivity contribution in [3.63, 3.8) is 0 Å². The predicted octanol–water partition coefficient (Wildman–Crippen LogP) is 2.85. The van der Waals surface area contributed by atoms with E-state index in [-0.39, 0.29) is 5.78 Å². The van der Waals surface area contributed by atoms with Crippen LogP contribution >= 0.6 is 0 Å². The maximum atomic E-state index is 12.2. The number of rotatable bonds is 3. The van der Waals surface area contributed by atoms with Crippen LogP contribution in [0.4, 0.5) is 0 Å². The predicted molar refractivity (Wildman–Crippen MR) is 71.9 cm³/mol. The van der Waals surface area contributed by atoms with Crippen molar-refractivity contribution in [2.24, 2.45) is 0 Å². The third kappa shape index (κ3) is 2.56. The fourth-order valence-corrected chi connectivity index (χ4v) is 2.22. The Balaban J connectivity index is 1.78. The number of hydrogen-bond acceptors (Lipinski definition) is 3. The molecule has 0 amide bonds. The van der Waals surface area contributed by atoms with Gasteiger partial charge in [0.05, 0.1) is 19.6 Å². The zero-order valence-corrected chi connectivity index (χ0v) is 10.8. The minimum absolute atomic E-state index is 0.103. The van der Waals surface area contributed by atoms with Gasteiger partial charge in [-0.25, -0.2) is 0 Å². The van der Waals surface area contributed by atoms with Crippen LogP contribution in [0.2, 0.25) is 0 Å². The highest BCUT2D eigenvalue weighted by molar-refractivity contribution is 5.97. The second-order valence-corrected chi connectivity index (χ2v) is 4.90. The Labute approximate surface area is 112 Å². The Morgan fingerprint density at radius 3 is 2.84 bits per heavy atom. The van der Waals surface area contributed by atoms with E-state index < -0.39 is 0 Å².